The molecule has 0 aliphatic heterocycles. The number of hydrogen-bond donors (Lipinski definition) is 2. The molecular weight excluding hydrogens is 162 g/mol. The number of carbonyl (C=O) groups excluding carboxylic acids is 1. The van der Waals surface area contributed by atoms with Gasteiger partial charge in [0.15, 0.2) is 0 Å². The van der Waals surface area contributed by atoms with E-state index in [9.17, 15) is 0 Å². The lowest BCUT2D eigenvalue weighted by Gasteiger charge is -1.69. The molecule has 0 saturated carbocycles. The smallest absolute Gasteiger partial charge is 0.273 e. The van der Waals surface area contributed by atoms with Crippen LogP contribution in [0, 0.1) is 0 Å². The zero-order valence-corrected chi connectivity index (χ0v) is 7.28. The third kappa shape index (κ3) is 86.0. The third-order valence-electron chi connectivity index (χ3n) is 0.167. The molecule has 0 aliphatic carbocycles. The summed E-state index contributed by atoms with van der Waals surface area (Å²) in [5, 5.41) is -0.639. The first-order valence-corrected chi connectivity index (χ1v) is 5.11. The van der Waals surface area contributed by atoms with Crippen LogP contribution < -0.4 is 5.73 Å². The molecule has 0 aliphatic rings. The second kappa shape index (κ2) is 10.5. The monoisotopic (exact) mass is 171 g/mol. The quantitative estimate of drug-likeness (QED) is 0.465. The van der Waals surface area contributed by atoms with Crippen LogP contribution >= 0.6 is 34.2 Å². The van der Waals surface area contributed by atoms with Crippen molar-refractivity contribution in [3.63, 3.8) is 0 Å². The molecule has 0 saturated heterocycles. The zero-order valence-electron chi connectivity index (χ0n) is 4.75. The van der Waals surface area contributed by atoms with E-state index in [0.717, 1.165) is 0 Å². The Labute approximate surface area is 62.8 Å². The molecular formula is C3H9NOS3. The standard InChI is InChI=1S/C2H6S2.CH3NOS/c1-3-4-2;2-1(3)4/h1-2H3;(H3,2,3,4). The summed E-state index contributed by atoms with van der Waals surface area (Å²) in [6.45, 7) is 0. The first-order valence-electron chi connectivity index (χ1n) is 1.70. The van der Waals surface area contributed by atoms with E-state index < -0.39 is 5.24 Å². The van der Waals surface area contributed by atoms with Crippen LogP contribution in [0.4, 0.5) is 4.79 Å². The summed E-state index contributed by atoms with van der Waals surface area (Å²) >= 11 is 3.10. The molecule has 0 spiro atoms. The van der Waals surface area contributed by atoms with E-state index in [2.05, 4.69) is 30.9 Å². The van der Waals surface area contributed by atoms with Crippen molar-refractivity contribution in [1.29, 1.82) is 0 Å². The van der Waals surface area contributed by atoms with Crippen LogP contribution in [0.3, 0.4) is 0 Å². The van der Waals surface area contributed by atoms with Gasteiger partial charge in [-0.05, 0) is 12.5 Å². The number of amides is 1. The molecule has 0 radical (unpaired) electrons. The van der Waals surface area contributed by atoms with Gasteiger partial charge in [-0.2, -0.15) is 0 Å². The number of thiol groups is 1. The molecule has 0 aromatic heterocycles. The molecule has 0 unspecified atom stereocenters. The lowest BCUT2D eigenvalue weighted by atomic mass is 11.5. The third-order valence-corrected chi connectivity index (χ3v) is 1.50. The van der Waals surface area contributed by atoms with Crippen molar-refractivity contribution in [3.05, 3.63) is 0 Å². The fourth-order valence-corrected chi connectivity index (χ4v) is 0. The minimum absolute atomic E-state index is 0.639. The van der Waals surface area contributed by atoms with E-state index in [4.69, 9.17) is 4.79 Å². The van der Waals surface area contributed by atoms with Crippen LogP contribution in [0.25, 0.3) is 0 Å². The van der Waals surface area contributed by atoms with Crippen LogP contribution in [-0.4, -0.2) is 17.8 Å². The molecule has 5 heteroatoms. The zero-order chi connectivity index (χ0) is 6.99. The number of nitrogens with two attached hydrogens (primary N) is 1. The molecule has 50 valence electrons. The van der Waals surface area contributed by atoms with Gasteiger partial charge in [0.25, 0.3) is 5.24 Å². The molecule has 0 aromatic rings. The molecule has 0 atom stereocenters. The summed E-state index contributed by atoms with van der Waals surface area (Å²) < 4.78 is 0. The number of carbonyl (C=O) groups is 1. The predicted octanol–water partition coefficient (Wildman–Crippen LogP) is 1.62. The van der Waals surface area contributed by atoms with Crippen molar-refractivity contribution < 1.29 is 4.79 Å². The average Bonchev–Trinajstić information content (AvgIpc) is 1.65. The Morgan fingerprint density at radius 3 is 1.62 bits per heavy atom. The minimum Gasteiger partial charge on any atom is -0.361 e. The van der Waals surface area contributed by atoms with E-state index in [1.54, 1.807) is 21.6 Å². The topological polar surface area (TPSA) is 43.1 Å². The molecule has 2 N–H and O–H groups in total. The molecule has 2 nitrogen and oxygen atoms in total. The Balaban J connectivity index is 0. The summed E-state index contributed by atoms with van der Waals surface area (Å²) in [5.74, 6) is 0. The van der Waals surface area contributed by atoms with Gasteiger partial charge in [-0.15, -0.1) is 0 Å². The Morgan fingerprint density at radius 2 is 1.62 bits per heavy atom. The number of hydrogen-bond acceptors (Lipinski definition) is 3. The molecule has 0 fully saturated rings. The second-order valence-corrected chi connectivity index (χ2v) is 3.78. The van der Waals surface area contributed by atoms with Gasteiger partial charge in [-0.3, -0.25) is 4.79 Å². The van der Waals surface area contributed by atoms with Crippen LogP contribution in [0.2, 0.25) is 0 Å². The van der Waals surface area contributed by atoms with Crippen molar-refractivity contribution in [2.45, 2.75) is 0 Å². The fourth-order valence-electron chi connectivity index (χ4n) is 0. The van der Waals surface area contributed by atoms with Crippen LogP contribution in [0.5, 0.6) is 0 Å². The van der Waals surface area contributed by atoms with Gasteiger partial charge in [0, 0.05) is 0 Å². The number of rotatable bonds is 1. The highest BCUT2D eigenvalue weighted by atomic mass is 33.1. The highest BCUT2D eigenvalue weighted by molar-refractivity contribution is 8.76. The summed E-state index contributed by atoms with van der Waals surface area (Å²) in [5.41, 5.74) is 4.34. The molecule has 0 heterocycles. The van der Waals surface area contributed by atoms with Gasteiger partial charge in [0.2, 0.25) is 0 Å². The van der Waals surface area contributed by atoms with Crippen molar-refractivity contribution in [1.82, 2.24) is 0 Å². The average molecular weight is 171 g/mol. The highest BCUT2D eigenvalue weighted by Crippen LogP contribution is 2.09. The molecule has 0 aromatic carbocycles. The fraction of sp³-hybridized carbons (Fsp3) is 0.667. The van der Waals surface area contributed by atoms with Crippen molar-refractivity contribution >= 4 is 39.5 Å². The Kier molecular flexibility index (Phi) is 14.9. The second-order valence-electron chi connectivity index (χ2n) is 0.672. The van der Waals surface area contributed by atoms with E-state index in [1.165, 1.54) is 0 Å². The largest absolute Gasteiger partial charge is 0.361 e. The summed E-state index contributed by atoms with van der Waals surface area (Å²) in [4.78, 5) is 9.09. The van der Waals surface area contributed by atoms with E-state index in [0.29, 0.717) is 0 Å². The van der Waals surface area contributed by atoms with Gasteiger partial charge in [0.1, 0.15) is 0 Å². The Bertz CT molecular complexity index is 52.5. The SMILES string of the molecule is CSSC.NC(=O)S. The lowest BCUT2D eigenvalue weighted by Crippen LogP contribution is -1.95. The normalized spacial score (nSPS) is 6.88. The summed E-state index contributed by atoms with van der Waals surface area (Å²) in [7, 11) is 3.55. The first-order chi connectivity index (χ1) is 3.65. The van der Waals surface area contributed by atoms with Gasteiger partial charge in [-0.25, -0.2) is 0 Å². The van der Waals surface area contributed by atoms with Crippen molar-refractivity contribution in [2.24, 2.45) is 5.73 Å². The van der Waals surface area contributed by atoms with Crippen LogP contribution in [-0.2, 0) is 0 Å². The Hall–Kier alpha value is 0.520. The summed E-state index contributed by atoms with van der Waals surface area (Å²) in [6, 6.07) is 0. The maximum absolute atomic E-state index is 9.09. The van der Waals surface area contributed by atoms with Crippen molar-refractivity contribution in [2.75, 3.05) is 12.5 Å². The van der Waals surface area contributed by atoms with E-state index in [-0.39, 0.29) is 0 Å². The predicted molar refractivity (Wildman–Crippen MR) is 45.6 cm³/mol. The lowest BCUT2D eigenvalue weighted by molar-refractivity contribution is 0.267. The van der Waals surface area contributed by atoms with Crippen LogP contribution in [0.15, 0.2) is 0 Å². The molecule has 0 rings (SSSR count). The minimum atomic E-state index is -0.639. The van der Waals surface area contributed by atoms with Gasteiger partial charge >= 0.3 is 0 Å². The van der Waals surface area contributed by atoms with Gasteiger partial charge in [0.05, 0.1) is 0 Å². The van der Waals surface area contributed by atoms with Crippen molar-refractivity contribution in [3.8, 4) is 0 Å². The van der Waals surface area contributed by atoms with Gasteiger partial charge < -0.3 is 5.73 Å². The van der Waals surface area contributed by atoms with E-state index in [1.807, 2.05) is 0 Å². The van der Waals surface area contributed by atoms with Crippen LogP contribution in [0.1, 0.15) is 0 Å². The highest BCUT2D eigenvalue weighted by Gasteiger charge is 1.63. The molecule has 0 bridgehead atoms. The molecule has 8 heavy (non-hydrogen) atoms. The maximum atomic E-state index is 9.09. The van der Waals surface area contributed by atoms with Gasteiger partial charge in [-0.1, -0.05) is 34.2 Å². The first kappa shape index (κ1) is 11.3. The molecule has 1 amide bonds. The summed E-state index contributed by atoms with van der Waals surface area (Å²) in [6.07, 6.45) is 4.12. The maximum Gasteiger partial charge on any atom is 0.273 e. The van der Waals surface area contributed by atoms with E-state index >= 15 is 0 Å². The Morgan fingerprint density at radius 1 is 1.50 bits per heavy atom. The number of primary amides is 1.